The van der Waals surface area contributed by atoms with E-state index >= 15 is 0 Å². The van der Waals surface area contributed by atoms with Crippen molar-refractivity contribution >= 4 is 30.5 Å². The molecule has 0 unspecified atom stereocenters. The van der Waals surface area contributed by atoms with Crippen LogP contribution < -0.4 is 10.6 Å². The van der Waals surface area contributed by atoms with Crippen LogP contribution in [0.1, 0.15) is 28.7 Å². The lowest BCUT2D eigenvalue weighted by Gasteiger charge is -2.45. The van der Waals surface area contributed by atoms with Gasteiger partial charge in [0.1, 0.15) is 0 Å². The maximum atomic E-state index is 3.56. The molecule has 4 rings (SSSR count). The van der Waals surface area contributed by atoms with Crippen LogP contribution in [-0.4, -0.2) is 38.1 Å². The first-order valence-electron chi connectivity index (χ1n) is 8.18. The number of hydrogen-bond donors (Lipinski definition) is 2. The van der Waals surface area contributed by atoms with Gasteiger partial charge in [0.15, 0.2) is 0 Å². The Kier molecular flexibility index (Phi) is 6.53. The quantitative estimate of drug-likeness (QED) is 0.850. The second-order valence-electron chi connectivity index (χ2n) is 6.24. The number of nitrogens with one attached hydrogen (secondary N) is 2. The van der Waals surface area contributed by atoms with Crippen LogP contribution in [0.4, 0.5) is 5.69 Å². The van der Waals surface area contributed by atoms with Gasteiger partial charge in [0.2, 0.25) is 0 Å². The van der Waals surface area contributed by atoms with Crippen molar-refractivity contribution in [1.82, 2.24) is 10.2 Å². The maximum absolute atomic E-state index is 3.56. The first kappa shape index (κ1) is 19.1. The molecule has 24 heavy (non-hydrogen) atoms. The number of halogens is 2. The zero-order chi connectivity index (χ0) is 14.9. The molecule has 2 atom stereocenters. The minimum Gasteiger partial charge on any atom is -0.388 e. The summed E-state index contributed by atoms with van der Waals surface area (Å²) in [5, 5.41) is 6.97. The number of anilines is 1. The summed E-state index contributed by atoms with van der Waals surface area (Å²) in [5.74, 6) is 0.471. The zero-order valence-corrected chi connectivity index (χ0v) is 15.5. The molecular weight excluding hydrogens is 341 g/mol. The molecule has 0 saturated carbocycles. The summed E-state index contributed by atoms with van der Waals surface area (Å²) in [5.41, 5.74) is 5.67. The van der Waals surface area contributed by atoms with E-state index in [2.05, 4.69) is 64.1 Å². The number of hydrogen-bond acceptors (Lipinski definition) is 3. The molecular formula is C19H25Cl2N3. The molecule has 3 nitrogen and oxygen atoms in total. The minimum absolute atomic E-state index is 0. The molecule has 1 saturated heterocycles. The molecule has 5 heteroatoms. The summed E-state index contributed by atoms with van der Waals surface area (Å²) in [6, 6.07) is 18.1. The predicted octanol–water partition coefficient (Wildman–Crippen LogP) is 3.66. The molecule has 0 radical (unpaired) electrons. The summed E-state index contributed by atoms with van der Waals surface area (Å²) in [4.78, 5) is 2.65. The molecule has 0 aromatic heterocycles. The van der Waals surface area contributed by atoms with E-state index in [0.717, 1.165) is 26.2 Å². The van der Waals surface area contributed by atoms with Crippen molar-refractivity contribution in [1.29, 1.82) is 0 Å². The number of benzene rings is 2. The van der Waals surface area contributed by atoms with Crippen molar-refractivity contribution in [2.24, 2.45) is 0 Å². The molecule has 0 amide bonds. The van der Waals surface area contributed by atoms with Crippen LogP contribution in [0.5, 0.6) is 0 Å². The lowest BCUT2D eigenvalue weighted by atomic mass is 9.80. The molecule has 2 N–H and O–H groups in total. The second kappa shape index (κ2) is 8.21. The standard InChI is InChI=1S/C19H23N3.2ClH/c1-20-17-9-5-8-15-16(14-6-3-2-4-7-14)13-22-11-10-21-12-18(22)19(15)17;;/h2-9,16,18,20-21H,10-13H2,1H3;2*1H/t16-,18+;;/m1../s1. The Labute approximate surface area is 156 Å². The molecule has 0 bridgehead atoms. The van der Waals surface area contributed by atoms with Crippen LogP contribution in [0, 0.1) is 0 Å². The van der Waals surface area contributed by atoms with Crippen LogP contribution in [0.25, 0.3) is 0 Å². The molecule has 2 heterocycles. The van der Waals surface area contributed by atoms with Gasteiger partial charge in [-0.2, -0.15) is 0 Å². The van der Waals surface area contributed by atoms with Crippen LogP contribution in [0.15, 0.2) is 48.5 Å². The third-order valence-electron chi connectivity index (χ3n) is 5.09. The Hall–Kier alpha value is -1.26. The van der Waals surface area contributed by atoms with E-state index in [1.165, 1.54) is 22.4 Å². The molecule has 2 aromatic carbocycles. The summed E-state index contributed by atoms with van der Waals surface area (Å²) >= 11 is 0. The highest BCUT2D eigenvalue weighted by molar-refractivity contribution is 5.85. The lowest BCUT2D eigenvalue weighted by Crippen LogP contribution is -2.50. The van der Waals surface area contributed by atoms with Crippen LogP contribution in [-0.2, 0) is 0 Å². The zero-order valence-electron chi connectivity index (χ0n) is 13.9. The van der Waals surface area contributed by atoms with Crippen LogP contribution in [0.2, 0.25) is 0 Å². The number of rotatable bonds is 2. The fourth-order valence-corrected chi connectivity index (χ4v) is 4.03. The molecule has 1 fully saturated rings. The number of nitrogens with zero attached hydrogens (tertiary/aromatic N) is 1. The van der Waals surface area contributed by atoms with Gasteiger partial charge < -0.3 is 10.6 Å². The Balaban J connectivity index is 0.00000104. The van der Waals surface area contributed by atoms with E-state index in [9.17, 15) is 0 Å². The van der Waals surface area contributed by atoms with Gasteiger partial charge in [-0.3, -0.25) is 4.90 Å². The van der Waals surface area contributed by atoms with Crippen LogP contribution >= 0.6 is 24.8 Å². The Morgan fingerprint density at radius 2 is 1.83 bits per heavy atom. The van der Waals surface area contributed by atoms with Crippen molar-refractivity contribution in [3.63, 3.8) is 0 Å². The summed E-state index contributed by atoms with van der Waals surface area (Å²) in [6.45, 7) is 4.39. The third-order valence-corrected chi connectivity index (χ3v) is 5.09. The SMILES string of the molecule is CNc1cccc2c1[C@@H]1CNCCN1C[C@@H]2c1ccccc1.Cl.Cl. The van der Waals surface area contributed by atoms with Gasteiger partial charge in [0, 0.05) is 50.9 Å². The highest BCUT2D eigenvalue weighted by Crippen LogP contribution is 2.42. The van der Waals surface area contributed by atoms with Crippen molar-refractivity contribution in [3.8, 4) is 0 Å². The van der Waals surface area contributed by atoms with Gasteiger partial charge in [-0.1, -0.05) is 42.5 Å². The third kappa shape index (κ3) is 3.27. The van der Waals surface area contributed by atoms with Gasteiger partial charge in [0.05, 0.1) is 0 Å². The Morgan fingerprint density at radius 1 is 1.04 bits per heavy atom. The number of fused-ring (bicyclic) bond motifs is 3. The van der Waals surface area contributed by atoms with E-state index in [0.29, 0.717) is 12.0 Å². The average Bonchev–Trinajstić information content (AvgIpc) is 2.61. The maximum Gasteiger partial charge on any atom is 0.0496 e. The van der Waals surface area contributed by atoms with Crippen molar-refractivity contribution in [2.75, 3.05) is 38.5 Å². The van der Waals surface area contributed by atoms with Gasteiger partial charge in [-0.15, -0.1) is 24.8 Å². The Morgan fingerprint density at radius 3 is 2.58 bits per heavy atom. The van der Waals surface area contributed by atoms with E-state index in [4.69, 9.17) is 0 Å². The van der Waals surface area contributed by atoms with E-state index < -0.39 is 0 Å². The summed E-state index contributed by atoms with van der Waals surface area (Å²) in [6.07, 6.45) is 0. The average molecular weight is 366 g/mol. The molecule has 2 aromatic rings. The summed E-state index contributed by atoms with van der Waals surface area (Å²) in [7, 11) is 2.03. The van der Waals surface area contributed by atoms with Crippen LogP contribution in [0.3, 0.4) is 0 Å². The first-order chi connectivity index (χ1) is 10.9. The fourth-order valence-electron chi connectivity index (χ4n) is 4.03. The minimum atomic E-state index is 0. The van der Waals surface area contributed by atoms with Gasteiger partial charge in [-0.05, 0) is 22.8 Å². The van der Waals surface area contributed by atoms with Gasteiger partial charge in [-0.25, -0.2) is 0 Å². The van der Waals surface area contributed by atoms with E-state index in [-0.39, 0.29) is 24.8 Å². The van der Waals surface area contributed by atoms with E-state index in [1.807, 2.05) is 7.05 Å². The van der Waals surface area contributed by atoms with Gasteiger partial charge >= 0.3 is 0 Å². The number of piperazine rings is 1. The Bertz CT molecular complexity index is 663. The van der Waals surface area contributed by atoms with Crippen molar-refractivity contribution in [2.45, 2.75) is 12.0 Å². The second-order valence-corrected chi connectivity index (χ2v) is 6.24. The topological polar surface area (TPSA) is 27.3 Å². The van der Waals surface area contributed by atoms with E-state index in [1.54, 1.807) is 0 Å². The predicted molar refractivity (Wildman–Crippen MR) is 106 cm³/mol. The molecule has 0 aliphatic carbocycles. The monoisotopic (exact) mass is 365 g/mol. The molecule has 2 aliphatic heterocycles. The molecule has 0 spiro atoms. The largest absolute Gasteiger partial charge is 0.388 e. The molecule has 130 valence electrons. The fraction of sp³-hybridized carbons (Fsp3) is 0.368. The van der Waals surface area contributed by atoms with Gasteiger partial charge in [0.25, 0.3) is 0 Å². The highest BCUT2D eigenvalue weighted by atomic mass is 35.5. The lowest BCUT2D eigenvalue weighted by molar-refractivity contribution is 0.144. The smallest absolute Gasteiger partial charge is 0.0496 e. The molecule has 2 aliphatic rings. The first-order valence-corrected chi connectivity index (χ1v) is 8.18. The summed E-state index contributed by atoms with van der Waals surface area (Å²) < 4.78 is 0. The highest BCUT2D eigenvalue weighted by Gasteiger charge is 2.36. The van der Waals surface area contributed by atoms with Crippen molar-refractivity contribution in [3.05, 3.63) is 65.2 Å². The normalized spacial score (nSPS) is 22.4. The van der Waals surface area contributed by atoms with Crippen molar-refractivity contribution < 1.29 is 0 Å².